The Morgan fingerprint density at radius 3 is 2.59 bits per heavy atom. The number of rotatable bonds is 5. The molecule has 0 bridgehead atoms. The highest BCUT2D eigenvalue weighted by Gasteiger charge is 2.35. The smallest absolute Gasteiger partial charge is 0.243 e. The van der Waals surface area contributed by atoms with Gasteiger partial charge in [-0.05, 0) is 57.2 Å². The topological polar surface area (TPSA) is 66.9 Å². The van der Waals surface area contributed by atoms with Crippen LogP contribution in [0.1, 0.15) is 39.0 Å². The average Bonchev–Trinajstić information content (AvgIpc) is 2.70. The van der Waals surface area contributed by atoms with E-state index in [0.29, 0.717) is 25.3 Å². The number of benzene rings is 1. The van der Waals surface area contributed by atoms with Gasteiger partial charge in [0.25, 0.3) is 0 Å². The second kappa shape index (κ2) is 8.80. The lowest BCUT2D eigenvalue weighted by molar-refractivity contribution is -0.137. The minimum atomic E-state index is -3.69. The molecule has 1 unspecified atom stereocenters. The molecule has 0 aliphatic carbocycles. The lowest BCUT2D eigenvalue weighted by atomic mass is 9.97. The number of halogens is 1. The molecule has 2 aliphatic rings. The van der Waals surface area contributed by atoms with E-state index in [2.05, 4.69) is 0 Å². The normalized spacial score (nSPS) is 21.9. The highest BCUT2D eigenvalue weighted by molar-refractivity contribution is 7.89. The molecule has 0 N–H and O–H groups in total. The van der Waals surface area contributed by atoms with Crippen LogP contribution in [0.15, 0.2) is 23.1 Å². The lowest BCUT2D eigenvalue weighted by Gasteiger charge is -2.35. The SMILES string of the molecule is CCOc1ccc(S(=O)(=O)N2CCCC(C(=O)N3CCCCC3)C2)cc1Cl. The van der Waals surface area contributed by atoms with Crippen molar-refractivity contribution in [2.24, 2.45) is 5.92 Å². The van der Waals surface area contributed by atoms with E-state index < -0.39 is 10.0 Å². The van der Waals surface area contributed by atoms with Crippen LogP contribution in [0, 0.1) is 5.92 Å². The summed E-state index contributed by atoms with van der Waals surface area (Å²) in [5.41, 5.74) is 0. The van der Waals surface area contributed by atoms with Crippen LogP contribution in [0.4, 0.5) is 0 Å². The van der Waals surface area contributed by atoms with Gasteiger partial charge in [0.15, 0.2) is 0 Å². The average molecular weight is 415 g/mol. The van der Waals surface area contributed by atoms with Gasteiger partial charge in [0.1, 0.15) is 5.75 Å². The van der Waals surface area contributed by atoms with Crippen LogP contribution in [0.2, 0.25) is 5.02 Å². The molecule has 2 fully saturated rings. The molecule has 1 amide bonds. The summed E-state index contributed by atoms with van der Waals surface area (Å²) in [5, 5.41) is 0.274. The van der Waals surface area contributed by atoms with Gasteiger partial charge < -0.3 is 9.64 Å². The standard InChI is InChI=1S/C19H27ClN2O4S/c1-2-26-18-9-8-16(13-17(18)20)27(24,25)22-12-6-7-15(14-22)19(23)21-10-4-3-5-11-21/h8-9,13,15H,2-7,10-12,14H2,1H3. The Kier molecular flexibility index (Phi) is 6.65. The zero-order chi connectivity index (χ0) is 19.4. The predicted molar refractivity (Wildman–Crippen MR) is 105 cm³/mol. The molecule has 27 heavy (non-hydrogen) atoms. The summed E-state index contributed by atoms with van der Waals surface area (Å²) in [6.07, 6.45) is 4.66. The molecule has 0 radical (unpaired) electrons. The maximum absolute atomic E-state index is 13.1. The van der Waals surface area contributed by atoms with Crippen molar-refractivity contribution in [2.75, 3.05) is 32.8 Å². The summed E-state index contributed by atoms with van der Waals surface area (Å²) >= 11 is 6.17. The Balaban J connectivity index is 1.74. The molecule has 0 spiro atoms. The van der Waals surface area contributed by atoms with E-state index in [0.717, 1.165) is 38.8 Å². The van der Waals surface area contributed by atoms with Gasteiger partial charge in [-0.1, -0.05) is 11.6 Å². The quantitative estimate of drug-likeness (QED) is 0.742. The highest BCUT2D eigenvalue weighted by atomic mass is 35.5. The van der Waals surface area contributed by atoms with Gasteiger partial charge in [0.2, 0.25) is 15.9 Å². The Bertz CT molecular complexity index is 778. The van der Waals surface area contributed by atoms with E-state index in [1.165, 1.54) is 16.4 Å². The molecule has 1 aromatic rings. The molecule has 6 nitrogen and oxygen atoms in total. The summed E-state index contributed by atoms with van der Waals surface area (Å²) in [6, 6.07) is 4.53. The van der Waals surface area contributed by atoms with Crippen LogP contribution >= 0.6 is 11.6 Å². The number of sulfonamides is 1. The molecule has 2 heterocycles. The third kappa shape index (κ3) is 4.58. The van der Waals surface area contributed by atoms with Crippen molar-refractivity contribution in [3.05, 3.63) is 23.2 Å². The molecule has 3 rings (SSSR count). The van der Waals surface area contributed by atoms with Crippen LogP contribution in [0.5, 0.6) is 5.75 Å². The summed E-state index contributed by atoms with van der Waals surface area (Å²) in [4.78, 5) is 14.8. The van der Waals surface area contributed by atoms with Crippen molar-refractivity contribution in [3.63, 3.8) is 0 Å². The maximum Gasteiger partial charge on any atom is 0.243 e. The van der Waals surface area contributed by atoms with E-state index in [4.69, 9.17) is 16.3 Å². The van der Waals surface area contributed by atoms with Gasteiger partial charge in [-0.25, -0.2) is 8.42 Å². The predicted octanol–water partition coefficient (Wildman–Crippen LogP) is 3.15. The van der Waals surface area contributed by atoms with Gasteiger partial charge in [0, 0.05) is 26.2 Å². The van der Waals surface area contributed by atoms with Gasteiger partial charge in [-0.15, -0.1) is 0 Å². The summed E-state index contributed by atoms with van der Waals surface area (Å²) in [5.74, 6) is 0.305. The lowest BCUT2D eigenvalue weighted by Crippen LogP contribution is -2.47. The largest absolute Gasteiger partial charge is 0.492 e. The summed E-state index contributed by atoms with van der Waals surface area (Å²) in [6.45, 7) is 4.54. The molecule has 150 valence electrons. The molecule has 1 aromatic carbocycles. The first-order chi connectivity index (χ1) is 12.9. The minimum absolute atomic E-state index is 0.0966. The first-order valence-corrected chi connectivity index (χ1v) is 11.5. The number of carbonyl (C=O) groups excluding carboxylic acids is 1. The van der Waals surface area contributed by atoms with E-state index in [9.17, 15) is 13.2 Å². The van der Waals surface area contributed by atoms with Crippen LogP contribution < -0.4 is 4.74 Å². The van der Waals surface area contributed by atoms with Gasteiger partial charge in [-0.2, -0.15) is 4.31 Å². The fourth-order valence-electron chi connectivity index (χ4n) is 3.80. The van der Waals surface area contributed by atoms with Crippen LogP contribution in [-0.2, 0) is 14.8 Å². The minimum Gasteiger partial charge on any atom is -0.492 e. The van der Waals surface area contributed by atoms with Crippen LogP contribution in [-0.4, -0.2) is 56.3 Å². The number of nitrogens with zero attached hydrogens (tertiary/aromatic N) is 2. The van der Waals surface area contributed by atoms with E-state index in [-0.39, 0.29) is 28.3 Å². The number of ether oxygens (including phenoxy) is 1. The molecule has 2 aliphatic heterocycles. The molecule has 8 heteroatoms. The van der Waals surface area contributed by atoms with Crippen molar-refractivity contribution in [1.29, 1.82) is 0 Å². The number of hydrogen-bond acceptors (Lipinski definition) is 4. The third-order valence-corrected chi connectivity index (χ3v) is 7.40. The van der Waals surface area contributed by atoms with Crippen molar-refractivity contribution >= 4 is 27.5 Å². The van der Waals surface area contributed by atoms with Crippen molar-refractivity contribution in [1.82, 2.24) is 9.21 Å². The molecular formula is C19H27ClN2O4S. The fraction of sp³-hybridized carbons (Fsp3) is 0.632. The van der Waals surface area contributed by atoms with Crippen molar-refractivity contribution in [2.45, 2.75) is 43.9 Å². The second-order valence-corrected chi connectivity index (χ2v) is 9.46. The highest BCUT2D eigenvalue weighted by Crippen LogP contribution is 2.31. The first-order valence-electron chi connectivity index (χ1n) is 9.64. The molecule has 2 saturated heterocycles. The number of amides is 1. The zero-order valence-corrected chi connectivity index (χ0v) is 17.3. The maximum atomic E-state index is 13.1. The van der Waals surface area contributed by atoms with Crippen LogP contribution in [0.3, 0.4) is 0 Å². The van der Waals surface area contributed by atoms with Gasteiger partial charge >= 0.3 is 0 Å². The zero-order valence-electron chi connectivity index (χ0n) is 15.7. The second-order valence-electron chi connectivity index (χ2n) is 7.11. The number of likely N-dealkylation sites (tertiary alicyclic amines) is 1. The van der Waals surface area contributed by atoms with E-state index in [1.54, 1.807) is 6.07 Å². The van der Waals surface area contributed by atoms with Gasteiger partial charge in [0.05, 0.1) is 22.4 Å². The number of carbonyl (C=O) groups is 1. The Labute approximate surface area is 166 Å². The van der Waals surface area contributed by atoms with E-state index in [1.807, 2.05) is 11.8 Å². The Morgan fingerprint density at radius 2 is 1.93 bits per heavy atom. The number of hydrogen-bond donors (Lipinski definition) is 0. The summed E-state index contributed by atoms with van der Waals surface area (Å²) < 4.78 is 32.9. The third-order valence-electron chi connectivity index (χ3n) is 5.24. The Hall–Kier alpha value is -1.31. The molecule has 0 saturated carbocycles. The molecular weight excluding hydrogens is 388 g/mol. The Morgan fingerprint density at radius 1 is 1.19 bits per heavy atom. The molecule has 1 atom stereocenters. The van der Waals surface area contributed by atoms with Crippen molar-refractivity contribution in [3.8, 4) is 5.75 Å². The monoisotopic (exact) mass is 414 g/mol. The van der Waals surface area contributed by atoms with Crippen LogP contribution in [0.25, 0.3) is 0 Å². The summed E-state index contributed by atoms with van der Waals surface area (Å²) in [7, 11) is -3.69. The molecule has 0 aromatic heterocycles. The fourth-order valence-corrected chi connectivity index (χ4v) is 5.65. The first kappa shape index (κ1) is 20.4. The van der Waals surface area contributed by atoms with Gasteiger partial charge in [-0.3, -0.25) is 4.79 Å². The van der Waals surface area contributed by atoms with E-state index >= 15 is 0 Å². The van der Waals surface area contributed by atoms with Crippen molar-refractivity contribution < 1.29 is 17.9 Å². The number of piperidine rings is 2.